The molecule has 0 heterocycles. The van der Waals surface area contributed by atoms with Crippen LogP contribution >= 0.6 is 15.9 Å². The molecule has 0 fully saturated rings. The predicted octanol–water partition coefficient (Wildman–Crippen LogP) is 21.5. The largest absolute Gasteiger partial charge is 0.356 e. The van der Waals surface area contributed by atoms with E-state index in [2.05, 4.69) is 307 Å². The minimum atomic E-state index is 1.05. The van der Waals surface area contributed by atoms with Gasteiger partial charge >= 0.3 is 0 Å². The number of rotatable bonds is 15. The molecule has 12 aromatic rings. The van der Waals surface area contributed by atoms with Crippen molar-refractivity contribution in [2.75, 3.05) is 30.7 Å². The van der Waals surface area contributed by atoms with Gasteiger partial charge in [0.25, 0.3) is 0 Å². The van der Waals surface area contributed by atoms with E-state index in [1.807, 2.05) is 78.9 Å². The van der Waals surface area contributed by atoms with Crippen molar-refractivity contribution in [3.8, 4) is 0 Å². The van der Waals surface area contributed by atoms with Crippen LogP contribution in [0.3, 0.4) is 0 Å². The van der Waals surface area contributed by atoms with Crippen molar-refractivity contribution < 1.29 is 0 Å². The predicted molar refractivity (Wildman–Crippen MR) is 340 cm³/mol. The summed E-state index contributed by atoms with van der Waals surface area (Å²) < 4.78 is 1.09. The summed E-state index contributed by atoms with van der Waals surface area (Å²) in [6, 6.07) is 117. The number of nitrogens with one attached hydrogen (secondary N) is 3. The lowest BCUT2D eigenvalue weighted by Crippen LogP contribution is -2.12. The molecule has 0 radical (unpaired) electrons. The summed E-state index contributed by atoms with van der Waals surface area (Å²) in [5.74, 6) is 0. The lowest BCUT2D eigenvalue weighted by Gasteiger charge is -2.28. The summed E-state index contributed by atoms with van der Waals surface area (Å²) in [7, 11) is 0. The topological polar surface area (TPSA) is 45.8 Å². The average molecular weight is 1090 g/mol. The summed E-state index contributed by atoms with van der Waals surface area (Å²) >= 11 is 3.49. The Morgan fingerprint density at radius 3 is 0.544 bits per heavy atom. The van der Waals surface area contributed by atoms with Crippen LogP contribution in [0.25, 0.3) is 0 Å². The summed E-state index contributed by atoms with van der Waals surface area (Å²) in [4.78, 5) is 6.80. The number of halogens is 1. The molecule has 6 nitrogen and oxygen atoms in total. The third-order valence-electron chi connectivity index (χ3n) is 12.7. The van der Waals surface area contributed by atoms with Crippen LogP contribution in [0.15, 0.2) is 344 Å². The Morgan fingerprint density at radius 1 is 0.165 bits per heavy atom. The van der Waals surface area contributed by atoms with E-state index in [0.717, 1.165) is 89.8 Å². The minimum Gasteiger partial charge on any atom is -0.356 e. The van der Waals surface area contributed by atoms with Crippen molar-refractivity contribution in [3.05, 3.63) is 344 Å². The molecule has 0 amide bonds. The molecule has 0 spiro atoms. The van der Waals surface area contributed by atoms with Gasteiger partial charge in [-0.1, -0.05) is 162 Å². The van der Waals surface area contributed by atoms with Crippen molar-refractivity contribution >= 4 is 101 Å². The Labute approximate surface area is 473 Å². The Kier molecular flexibility index (Phi) is 18.0. The van der Waals surface area contributed by atoms with E-state index in [-0.39, 0.29) is 0 Å². The molecule has 0 saturated carbocycles. The SMILES string of the molecule is Brc1ccc(N(c2ccccc2)c2ccccc2)cc1.c1ccc(Nc2ccc(N(c3ccccc3)c3ccc(N(c4ccccc4)c4ccccc4)cc3)cc2)cc1.c1ccc(Nc2ccc(Nc3ccccc3)cc2)cc1. The maximum absolute atomic E-state index is 3.49. The molecule has 0 saturated heterocycles. The minimum absolute atomic E-state index is 1.05. The van der Waals surface area contributed by atoms with Gasteiger partial charge in [-0.15, -0.1) is 0 Å². The zero-order valence-electron chi connectivity index (χ0n) is 43.6. The van der Waals surface area contributed by atoms with Gasteiger partial charge < -0.3 is 30.7 Å². The maximum Gasteiger partial charge on any atom is 0.0463 e. The molecular formula is C72H59BrN6. The highest BCUT2D eigenvalue weighted by Gasteiger charge is 2.16. The Bertz CT molecular complexity index is 3500. The third-order valence-corrected chi connectivity index (χ3v) is 13.2. The van der Waals surface area contributed by atoms with Crippen LogP contribution in [-0.2, 0) is 0 Å². The Balaban J connectivity index is 0.000000148. The fraction of sp³-hybridized carbons (Fsp3) is 0. The van der Waals surface area contributed by atoms with Crippen LogP contribution in [0.4, 0.5) is 85.3 Å². The smallest absolute Gasteiger partial charge is 0.0463 e. The van der Waals surface area contributed by atoms with E-state index in [9.17, 15) is 0 Å². The van der Waals surface area contributed by atoms with E-state index >= 15 is 0 Å². The molecule has 384 valence electrons. The molecule has 0 aliphatic carbocycles. The van der Waals surface area contributed by atoms with Gasteiger partial charge in [0, 0.05) is 89.8 Å². The van der Waals surface area contributed by atoms with Crippen molar-refractivity contribution in [2.24, 2.45) is 0 Å². The molecule has 7 heteroatoms. The first kappa shape index (κ1) is 52.4. The van der Waals surface area contributed by atoms with E-state index in [1.54, 1.807) is 0 Å². The number of anilines is 15. The zero-order valence-corrected chi connectivity index (χ0v) is 45.1. The molecule has 0 aliphatic heterocycles. The van der Waals surface area contributed by atoms with Gasteiger partial charge in [0.15, 0.2) is 0 Å². The van der Waals surface area contributed by atoms with Gasteiger partial charge in [-0.3, -0.25) is 0 Å². The number of para-hydroxylation sites is 8. The average Bonchev–Trinajstić information content (AvgIpc) is 3.52. The summed E-state index contributed by atoms with van der Waals surface area (Å²) in [6.07, 6.45) is 0. The summed E-state index contributed by atoms with van der Waals surface area (Å²) in [5, 5.41) is 10.2. The molecule has 0 aliphatic rings. The molecule has 3 N–H and O–H groups in total. The third kappa shape index (κ3) is 14.7. The highest BCUT2D eigenvalue weighted by molar-refractivity contribution is 9.10. The van der Waals surface area contributed by atoms with E-state index in [4.69, 9.17) is 0 Å². The van der Waals surface area contributed by atoms with Crippen LogP contribution < -0.4 is 30.7 Å². The molecule has 12 aromatic carbocycles. The van der Waals surface area contributed by atoms with Gasteiger partial charge in [0.1, 0.15) is 0 Å². The first-order valence-corrected chi connectivity index (χ1v) is 27.1. The van der Waals surface area contributed by atoms with Gasteiger partial charge in [0.05, 0.1) is 0 Å². The van der Waals surface area contributed by atoms with Crippen molar-refractivity contribution in [2.45, 2.75) is 0 Å². The second kappa shape index (κ2) is 27.1. The molecule has 0 aromatic heterocycles. The second-order valence-corrected chi connectivity index (χ2v) is 19.2. The fourth-order valence-electron chi connectivity index (χ4n) is 8.96. The van der Waals surface area contributed by atoms with E-state index in [0.29, 0.717) is 0 Å². The van der Waals surface area contributed by atoms with Crippen LogP contribution in [-0.4, -0.2) is 0 Å². The highest BCUT2D eigenvalue weighted by atomic mass is 79.9. The molecule has 12 rings (SSSR count). The van der Waals surface area contributed by atoms with Crippen LogP contribution in [0, 0.1) is 0 Å². The summed E-state index contributed by atoms with van der Waals surface area (Å²) in [5.41, 5.74) is 16.6. The maximum atomic E-state index is 3.49. The Hall–Kier alpha value is -10.1. The standard InChI is InChI=1S/C36H29N3.C18H14BrN.C18H16N2/c1-5-13-29(14-6-1)37-30-21-23-34(24-22-30)39(33-19-11-4-12-20-33)36-27-25-35(26-28-36)38(31-15-7-2-8-16-31)32-17-9-3-10-18-32;19-15-11-13-18(14-12-15)20(16-7-3-1-4-8-16)17-9-5-2-6-10-17;1-3-7-15(8-4-1)19-17-11-13-18(14-12-17)20-16-9-5-2-6-10-16/h1-28,37H;1-14H;1-14,19-20H. The number of nitrogens with zero attached hydrogens (tertiary/aromatic N) is 3. The molecular weight excluding hydrogens is 1030 g/mol. The normalized spacial score (nSPS) is 10.3. The highest BCUT2D eigenvalue weighted by Crippen LogP contribution is 2.40. The molecule has 0 unspecified atom stereocenters. The van der Waals surface area contributed by atoms with Crippen LogP contribution in [0.5, 0.6) is 0 Å². The molecule has 0 atom stereocenters. The van der Waals surface area contributed by atoms with Crippen molar-refractivity contribution in [1.82, 2.24) is 0 Å². The van der Waals surface area contributed by atoms with Gasteiger partial charge in [0.2, 0.25) is 0 Å². The molecule has 79 heavy (non-hydrogen) atoms. The zero-order chi connectivity index (χ0) is 53.7. The first-order valence-electron chi connectivity index (χ1n) is 26.3. The fourth-order valence-corrected chi connectivity index (χ4v) is 9.23. The quantitative estimate of drug-likeness (QED) is 0.0951. The van der Waals surface area contributed by atoms with Gasteiger partial charge in [-0.2, -0.15) is 0 Å². The monoisotopic (exact) mass is 1090 g/mol. The van der Waals surface area contributed by atoms with Crippen LogP contribution in [0.2, 0.25) is 0 Å². The van der Waals surface area contributed by atoms with E-state index in [1.165, 1.54) is 0 Å². The number of hydrogen-bond donors (Lipinski definition) is 3. The van der Waals surface area contributed by atoms with E-state index < -0.39 is 0 Å². The number of benzene rings is 12. The van der Waals surface area contributed by atoms with Crippen molar-refractivity contribution in [3.63, 3.8) is 0 Å². The lowest BCUT2D eigenvalue weighted by atomic mass is 10.1. The van der Waals surface area contributed by atoms with Crippen LogP contribution in [0.1, 0.15) is 0 Å². The van der Waals surface area contributed by atoms with Crippen molar-refractivity contribution in [1.29, 1.82) is 0 Å². The summed E-state index contributed by atoms with van der Waals surface area (Å²) in [6.45, 7) is 0. The van der Waals surface area contributed by atoms with Gasteiger partial charge in [-0.25, -0.2) is 0 Å². The first-order chi connectivity index (χ1) is 39.1. The molecule has 0 bridgehead atoms. The second-order valence-electron chi connectivity index (χ2n) is 18.3. The number of hydrogen-bond acceptors (Lipinski definition) is 6. The van der Waals surface area contributed by atoms with Gasteiger partial charge in [-0.05, 0) is 194 Å². The lowest BCUT2D eigenvalue weighted by molar-refractivity contribution is 1.26. The Morgan fingerprint density at radius 2 is 0.316 bits per heavy atom.